The Labute approximate surface area is 198 Å². The van der Waals surface area contributed by atoms with Crippen molar-refractivity contribution in [2.24, 2.45) is 5.92 Å². The van der Waals surface area contributed by atoms with Crippen molar-refractivity contribution < 1.29 is 18.3 Å². The van der Waals surface area contributed by atoms with Crippen molar-refractivity contribution >= 4 is 53.4 Å². The maximum atomic E-state index is 13.6. The molecule has 0 saturated heterocycles. The number of thiazole rings is 2. The molecule has 1 aliphatic rings. The van der Waals surface area contributed by atoms with E-state index in [1.807, 2.05) is 0 Å². The molecule has 0 spiro atoms. The minimum Gasteiger partial charge on any atom is -0.494 e. The minimum atomic E-state index is -0.416. The van der Waals surface area contributed by atoms with Crippen LogP contribution in [0, 0.1) is 17.6 Å². The number of hydrogen-bond donors (Lipinski definition) is 2. The fraction of sp³-hybridized carbons (Fsp3) is 0.391. The quantitative estimate of drug-likeness (QED) is 0.333. The van der Waals surface area contributed by atoms with E-state index < -0.39 is 5.82 Å². The Hall–Kier alpha value is -2.72. The van der Waals surface area contributed by atoms with Crippen molar-refractivity contribution in [2.45, 2.75) is 32.1 Å². The van der Waals surface area contributed by atoms with Crippen molar-refractivity contribution in [3.63, 3.8) is 0 Å². The third-order valence-electron chi connectivity index (χ3n) is 5.61. The molecular formula is C23H26F2N4O2S2. The van der Waals surface area contributed by atoms with Crippen molar-refractivity contribution in [3.8, 4) is 11.5 Å². The number of anilines is 2. The molecule has 1 aliphatic carbocycles. The smallest absolute Gasteiger partial charge is 0.183 e. The number of ether oxygens (including phenoxy) is 2. The van der Waals surface area contributed by atoms with E-state index in [1.54, 1.807) is 23.5 Å². The number of nitrogens with one attached hydrogen (secondary N) is 1. The number of nitrogens with zero attached hydrogens (tertiary/aromatic N) is 2. The molecule has 3 N–H and O–H groups in total. The number of methoxy groups -OCH3 is 2. The molecule has 1 fully saturated rings. The van der Waals surface area contributed by atoms with Crippen molar-refractivity contribution in [3.05, 3.63) is 35.9 Å². The molecule has 33 heavy (non-hydrogen) atoms. The summed E-state index contributed by atoms with van der Waals surface area (Å²) < 4.78 is 38.4. The lowest BCUT2D eigenvalue weighted by atomic mass is 9.89. The third-order valence-corrected chi connectivity index (χ3v) is 7.43. The molecule has 0 aliphatic heterocycles. The van der Waals surface area contributed by atoms with Crippen LogP contribution in [0.25, 0.3) is 20.4 Å². The maximum absolute atomic E-state index is 13.6. The van der Waals surface area contributed by atoms with Crippen LogP contribution in [0.1, 0.15) is 32.1 Å². The summed E-state index contributed by atoms with van der Waals surface area (Å²) >= 11 is 2.87. The number of nitrogen functional groups attached to an aromatic ring is 1. The molecule has 2 aromatic carbocycles. The Bertz CT molecular complexity index is 1240. The highest BCUT2D eigenvalue weighted by molar-refractivity contribution is 7.22. The molecular weight excluding hydrogens is 466 g/mol. The average Bonchev–Trinajstić information content (AvgIpc) is 3.38. The highest BCUT2D eigenvalue weighted by atomic mass is 32.1. The number of aromatic nitrogens is 2. The van der Waals surface area contributed by atoms with Gasteiger partial charge in [-0.1, -0.05) is 41.9 Å². The number of hydrogen-bond acceptors (Lipinski definition) is 8. The van der Waals surface area contributed by atoms with Crippen LogP contribution in [0.15, 0.2) is 24.3 Å². The lowest BCUT2D eigenvalue weighted by Gasteiger charge is -2.21. The third kappa shape index (κ3) is 5.62. The van der Waals surface area contributed by atoms with Crippen LogP contribution in [0.4, 0.5) is 19.0 Å². The second-order valence-corrected chi connectivity index (χ2v) is 9.96. The Morgan fingerprint density at radius 3 is 2.09 bits per heavy atom. The van der Waals surface area contributed by atoms with Gasteiger partial charge < -0.3 is 20.5 Å². The van der Waals surface area contributed by atoms with Crippen LogP contribution < -0.4 is 20.5 Å². The van der Waals surface area contributed by atoms with Gasteiger partial charge in [0, 0.05) is 30.8 Å². The number of nitrogens with two attached hydrogens (primary N) is 1. The largest absolute Gasteiger partial charge is 0.494 e. The first-order valence-electron chi connectivity index (χ1n) is 10.7. The van der Waals surface area contributed by atoms with E-state index in [9.17, 15) is 8.78 Å². The van der Waals surface area contributed by atoms with Gasteiger partial charge >= 0.3 is 0 Å². The molecule has 0 atom stereocenters. The van der Waals surface area contributed by atoms with Crippen LogP contribution >= 0.6 is 22.7 Å². The Kier molecular flexibility index (Phi) is 7.44. The molecule has 176 valence electrons. The van der Waals surface area contributed by atoms with Gasteiger partial charge in [-0.2, -0.15) is 0 Å². The van der Waals surface area contributed by atoms with Crippen molar-refractivity contribution in [2.75, 3.05) is 31.8 Å². The van der Waals surface area contributed by atoms with Gasteiger partial charge in [-0.25, -0.2) is 18.7 Å². The summed E-state index contributed by atoms with van der Waals surface area (Å²) in [5.74, 6) is 0.475. The van der Waals surface area contributed by atoms with E-state index in [-0.39, 0.29) is 17.3 Å². The first-order chi connectivity index (χ1) is 16.0. The second kappa shape index (κ2) is 10.5. The monoisotopic (exact) mass is 492 g/mol. The van der Waals surface area contributed by atoms with E-state index in [1.165, 1.54) is 69.8 Å². The summed E-state index contributed by atoms with van der Waals surface area (Å²) in [6.07, 6.45) is 6.67. The van der Waals surface area contributed by atoms with Crippen LogP contribution in [0.3, 0.4) is 0 Å². The van der Waals surface area contributed by atoms with E-state index >= 15 is 0 Å². The summed E-state index contributed by atoms with van der Waals surface area (Å²) in [4.78, 5) is 8.40. The molecule has 0 bridgehead atoms. The van der Waals surface area contributed by atoms with Gasteiger partial charge in [0.05, 0.1) is 34.7 Å². The van der Waals surface area contributed by atoms with Gasteiger partial charge in [-0.15, -0.1) is 0 Å². The standard InChI is InChI=1S/C15H19FN2OS.C8H7FN2OS/c1-19-13-8-14-12(7-11(13)16)18-15(20-14)17-9-10-5-3-2-4-6-10;1-12-6-3-7-5(2-4(6)9)11-8(10)13-7/h7-8,10H,2-6,9H2,1H3,(H,17,18);2-3H,1H3,(H2,10,11). The second-order valence-electron chi connectivity index (χ2n) is 7.87. The molecule has 2 aromatic heterocycles. The Balaban J connectivity index is 0.000000172. The van der Waals surface area contributed by atoms with Gasteiger partial charge in [-0.05, 0) is 18.8 Å². The summed E-state index contributed by atoms with van der Waals surface area (Å²) in [5.41, 5.74) is 6.74. The molecule has 10 heteroatoms. The number of benzene rings is 2. The summed E-state index contributed by atoms with van der Waals surface area (Å²) in [7, 11) is 2.90. The fourth-order valence-electron chi connectivity index (χ4n) is 3.89. The van der Waals surface area contributed by atoms with Crippen molar-refractivity contribution in [1.29, 1.82) is 0 Å². The van der Waals surface area contributed by atoms with Gasteiger partial charge in [0.1, 0.15) is 0 Å². The van der Waals surface area contributed by atoms with E-state index in [4.69, 9.17) is 15.2 Å². The van der Waals surface area contributed by atoms with Crippen LogP contribution in [-0.2, 0) is 0 Å². The van der Waals surface area contributed by atoms with Crippen LogP contribution in [-0.4, -0.2) is 30.7 Å². The summed E-state index contributed by atoms with van der Waals surface area (Å²) in [6.45, 7) is 0.972. The first-order valence-corrected chi connectivity index (χ1v) is 12.4. The number of rotatable bonds is 5. The molecule has 5 rings (SSSR count). The zero-order valence-electron chi connectivity index (χ0n) is 18.5. The SMILES string of the molecule is COc1cc2sc(N)nc2cc1F.COc1cc2sc(NCC3CCCCC3)nc2cc1F. The van der Waals surface area contributed by atoms with E-state index in [0.29, 0.717) is 16.2 Å². The van der Waals surface area contributed by atoms with Crippen LogP contribution in [0.5, 0.6) is 11.5 Å². The van der Waals surface area contributed by atoms with E-state index in [2.05, 4.69) is 15.3 Å². The number of halogens is 2. The first kappa shape index (κ1) is 23.4. The Morgan fingerprint density at radius 1 is 0.909 bits per heavy atom. The maximum Gasteiger partial charge on any atom is 0.183 e. The van der Waals surface area contributed by atoms with Gasteiger partial charge in [0.25, 0.3) is 0 Å². The fourth-order valence-corrected chi connectivity index (χ4v) is 5.52. The zero-order chi connectivity index (χ0) is 23.4. The lowest BCUT2D eigenvalue weighted by molar-refractivity contribution is 0.373. The van der Waals surface area contributed by atoms with E-state index in [0.717, 1.165) is 27.0 Å². The molecule has 4 aromatic rings. The minimum absolute atomic E-state index is 0.219. The normalized spacial score (nSPS) is 14.2. The molecule has 0 unspecified atom stereocenters. The molecule has 1 saturated carbocycles. The number of fused-ring (bicyclic) bond motifs is 2. The predicted octanol–water partition coefficient (Wildman–Crippen LogP) is 6.46. The van der Waals surface area contributed by atoms with Gasteiger partial charge in [0.2, 0.25) is 0 Å². The average molecular weight is 493 g/mol. The Morgan fingerprint density at radius 2 is 1.48 bits per heavy atom. The topological polar surface area (TPSA) is 82.3 Å². The highest BCUT2D eigenvalue weighted by Crippen LogP contribution is 2.32. The summed E-state index contributed by atoms with van der Waals surface area (Å²) in [6, 6.07) is 6.07. The summed E-state index contributed by atoms with van der Waals surface area (Å²) in [5, 5.41) is 4.71. The van der Waals surface area contributed by atoms with Crippen LogP contribution in [0.2, 0.25) is 0 Å². The van der Waals surface area contributed by atoms with Crippen molar-refractivity contribution in [1.82, 2.24) is 9.97 Å². The highest BCUT2D eigenvalue weighted by Gasteiger charge is 2.15. The van der Waals surface area contributed by atoms with Gasteiger partial charge in [0.15, 0.2) is 33.4 Å². The van der Waals surface area contributed by atoms with Gasteiger partial charge in [-0.3, -0.25) is 0 Å². The molecule has 2 heterocycles. The lowest BCUT2D eigenvalue weighted by Crippen LogP contribution is -2.16. The zero-order valence-corrected chi connectivity index (χ0v) is 20.1. The molecule has 0 radical (unpaired) electrons. The predicted molar refractivity (Wildman–Crippen MR) is 132 cm³/mol. The molecule has 6 nitrogen and oxygen atoms in total. The molecule has 0 amide bonds.